The highest BCUT2D eigenvalue weighted by Crippen LogP contribution is 2.31. The lowest BCUT2D eigenvalue weighted by Gasteiger charge is -2.12. The van der Waals surface area contributed by atoms with Gasteiger partial charge in [-0.2, -0.15) is 5.26 Å². The molecule has 1 aliphatic carbocycles. The van der Waals surface area contributed by atoms with Gasteiger partial charge in [-0.15, -0.1) is 0 Å². The minimum atomic E-state index is 0.659. The molecule has 1 aliphatic rings. The monoisotopic (exact) mass is 245 g/mol. The molecule has 0 aliphatic heterocycles. The van der Waals surface area contributed by atoms with Crippen LogP contribution in [-0.2, 0) is 12.8 Å². The van der Waals surface area contributed by atoms with Crippen LogP contribution in [0.2, 0.25) is 5.15 Å². The van der Waals surface area contributed by atoms with Crippen LogP contribution >= 0.6 is 11.6 Å². The Balaban J connectivity index is 2.48. The molecule has 86 valence electrons. The quantitative estimate of drug-likeness (QED) is 0.670. The third-order valence-corrected chi connectivity index (χ3v) is 3.66. The van der Waals surface area contributed by atoms with Gasteiger partial charge in [0.1, 0.15) is 16.8 Å². The lowest BCUT2D eigenvalue weighted by Crippen LogP contribution is -2.04. The van der Waals surface area contributed by atoms with Gasteiger partial charge in [0, 0.05) is 11.4 Å². The van der Waals surface area contributed by atoms with Crippen molar-refractivity contribution in [1.82, 2.24) is 9.38 Å². The molecule has 0 spiro atoms. The van der Waals surface area contributed by atoms with Gasteiger partial charge >= 0.3 is 0 Å². The van der Waals surface area contributed by atoms with E-state index in [1.165, 1.54) is 5.69 Å². The molecule has 2 heterocycles. The molecular weight excluding hydrogens is 234 g/mol. The Bertz CT molecular complexity index is 649. The lowest BCUT2D eigenvalue weighted by molar-refractivity contribution is 0.668. The van der Waals surface area contributed by atoms with Crippen LogP contribution in [0.15, 0.2) is 6.07 Å². The normalized spacial score (nSPS) is 14.6. The standard InChI is InChI=1S/C13H12ClN3/c1-8-6-12(14)17-11-5-3-2-4-9(11)10(7-15)13(17)16-8/h6H,2-5H2,1H3. The number of fused-ring (bicyclic) bond motifs is 3. The zero-order valence-corrected chi connectivity index (χ0v) is 10.4. The van der Waals surface area contributed by atoms with Crippen molar-refractivity contribution in [3.05, 3.63) is 33.7 Å². The van der Waals surface area contributed by atoms with Crippen molar-refractivity contribution in [1.29, 1.82) is 5.26 Å². The maximum Gasteiger partial charge on any atom is 0.156 e. The number of hydrogen-bond donors (Lipinski definition) is 0. The summed E-state index contributed by atoms with van der Waals surface area (Å²) >= 11 is 6.28. The van der Waals surface area contributed by atoms with E-state index in [1.54, 1.807) is 0 Å². The van der Waals surface area contributed by atoms with E-state index in [0.717, 1.165) is 42.6 Å². The van der Waals surface area contributed by atoms with Crippen LogP contribution in [0, 0.1) is 18.3 Å². The fourth-order valence-corrected chi connectivity index (χ4v) is 3.01. The predicted molar refractivity (Wildman–Crippen MR) is 66.3 cm³/mol. The van der Waals surface area contributed by atoms with E-state index in [4.69, 9.17) is 11.6 Å². The molecular formula is C13H12ClN3. The first kappa shape index (κ1) is 10.6. The molecule has 0 fully saturated rings. The molecule has 3 rings (SSSR count). The second-order valence-electron chi connectivity index (χ2n) is 4.50. The number of aryl methyl sites for hydroxylation is 2. The number of nitrogens with zero attached hydrogens (tertiary/aromatic N) is 3. The van der Waals surface area contributed by atoms with Crippen molar-refractivity contribution in [3.8, 4) is 6.07 Å². The number of aromatic nitrogens is 2. The third kappa shape index (κ3) is 1.44. The highest BCUT2D eigenvalue weighted by atomic mass is 35.5. The van der Waals surface area contributed by atoms with E-state index in [0.29, 0.717) is 10.7 Å². The van der Waals surface area contributed by atoms with E-state index in [-0.39, 0.29) is 0 Å². The molecule has 0 saturated heterocycles. The van der Waals surface area contributed by atoms with Gasteiger partial charge in [0.2, 0.25) is 0 Å². The van der Waals surface area contributed by atoms with Crippen LogP contribution in [0.25, 0.3) is 5.65 Å². The zero-order valence-electron chi connectivity index (χ0n) is 9.63. The van der Waals surface area contributed by atoms with Crippen LogP contribution < -0.4 is 0 Å². The molecule has 0 atom stereocenters. The molecule has 2 aromatic rings. The Morgan fingerprint density at radius 1 is 1.41 bits per heavy atom. The topological polar surface area (TPSA) is 41.1 Å². The molecule has 0 amide bonds. The minimum absolute atomic E-state index is 0.659. The molecule has 0 radical (unpaired) electrons. The number of rotatable bonds is 0. The van der Waals surface area contributed by atoms with E-state index in [2.05, 4.69) is 11.1 Å². The van der Waals surface area contributed by atoms with Crippen molar-refractivity contribution in [2.24, 2.45) is 0 Å². The molecule has 0 N–H and O–H groups in total. The van der Waals surface area contributed by atoms with Crippen molar-refractivity contribution >= 4 is 17.2 Å². The summed E-state index contributed by atoms with van der Waals surface area (Å²) < 4.78 is 1.95. The smallest absolute Gasteiger partial charge is 0.156 e. The molecule has 0 aromatic carbocycles. The van der Waals surface area contributed by atoms with Crippen LogP contribution in [0.3, 0.4) is 0 Å². The molecule has 0 bridgehead atoms. The number of halogens is 1. The molecule has 3 nitrogen and oxygen atoms in total. The van der Waals surface area contributed by atoms with Crippen molar-refractivity contribution in [2.75, 3.05) is 0 Å². The Hall–Kier alpha value is -1.53. The number of hydrogen-bond acceptors (Lipinski definition) is 2. The minimum Gasteiger partial charge on any atom is -0.287 e. The van der Waals surface area contributed by atoms with E-state index >= 15 is 0 Å². The largest absolute Gasteiger partial charge is 0.287 e. The predicted octanol–water partition coefficient (Wildman–Crippen LogP) is 3.05. The molecule has 0 unspecified atom stereocenters. The first-order chi connectivity index (χ1) is 8.22. The van der Waals surface area contributed by atoms with Gasteiger partial charge in [0.05, 0.1) is 0 Å². The summed E-state index contributed by atoms with van der Waals surface area (Å²) in [5.74, 6) is 0. The van der Waals surface area contributed by atoms with Crippen LogP contribution in [0.4, 0.5) is 0 Å². The van der Waals surface area contributed by atoms with E-state index < -0.39 is 0 Å². The van der Waals surface area contributed by atoms with Crippen LogP contribution in [-0.4, -0.2) is 9.38 Å². The summed E-state index contributed by atoms with van der Waals surface area (Å²) in [6.07, 6.45) is 4.27. The summed E-state index contributed by atoms with van der Waals surface area (Å²) in [4.78, 5) is 4.47. The Morgan fingerprint density at radius 2 is 2.18 bits per heavy atom. The van der Waals surface area contributed by atoms with Crippen molar-refractivity contribution < 1.29 is 0 Å². The SMILES string of the molecule is Cc1cc(Cl)n2c3c(c(C#N)c2n1)CCCC3. The Labute approximate surface area is 105 Å². The fourth-order valence-electron chi connectivity index (χ4n) is 2.67. The molecule has 2 aromatic heterocycles. The zero-order chi connectivity index (χ0) is 12.0. The Kier molecular flexibility index (Phi) is 2.34. The summed E-state index contributed by atoms with van der Waals surface area (Å²) in [5, 5.41) is 9.98. The lowest BCUT2D eigenvalue weighted by atomic mass is 9.95. The van der Waals surface area contributed by atoms with Gasteiger partial charge in [-0.1, -0.05) is 11.6 Å². The highest BCUT2D eigenvalue weighted by Gasteiger charge is 2.23. The average Bonchev–Trinajstić information content (AvgIpc) is 2.62. The maximum atomic E-state index is 9.32. The summed E-state index contributed by atoms with van der Waals surface area (Å²) in [6, 6.07) is 4.14. The van der Waals surface area contributed by atoms with Gasteiger partial charge in [0.25, 0.3) is 0 Å². The average molecular weight is 246 g/mol. The van der Waals surface area contributed by atoms with E-state index in [9.17, 15) is 5.26 Å². The van der Waals surface area contributed by atoms with Gasteiger partial charge < -0.3 is 0 Å². The van der Waals surface area contributed by atoms with Gasteiger partial charge in [0.15, 0.2) is 5.65 Å². The van der Waals surface area contributed by atoms with Crippen molar-refractivity contribution in [2.45, 2.75) is 32.6 Å². The van der Waals surface area contributed by atoms with E-state index in [1.807, 2.05) is 17.4 Å². The number of nitriles is 1. The second kappa shape index (κ2) is 3.75. The second-order valence-corrected chi connectivity index (χ2v) is 4.89. The maximum absolute atomic E-state index is 9.32. The third-order valence-electron chi connectivity index (χ3n) is 3.38. The first-order valence-electron chi connectivity index (χ1n) is 5.82. The fraction of sp³-hybridized carbons (Fsp3) is 0.385. The Morgan fingerprint density at radius 3 is 2.94 bits per heavy atom. The molecule has 0 saturated carbocycles. The van der Waals surface area contributed by atoms with Gasteiger partial charge in [-0.3, -0.25) is 4.40 Å². The summed E-state index contributed by atoms with van der Waals surface area (Å²) in [7, 11) is 0. The summed E-state index contributed by atoms with van der Waals surface area (Å²) in [6.45, 7) is 1.90. The van der Waals surface area contributed by atoms with Crippen LogP contribution in [0.1, 0.15) is 35.4 Å². The van der Waals surface area contributed by atoms with Gasteiger partial charge in [-0.05, 0) is 44.2 Å². The van der Waals surface area contributed by atoms with Gasteiger partial charge in [-0.25, -0.2) is 4.98 Å². The highest BCUT2D eigenvalue weighted by molar-refractivity contribution is 6.29. The molecule has 4 heteroatoms. The summed E-state index contributed by atoms with van der Waals surface area (Å²) in [5.41, 5.74) is 4.63. The first-order valence-corrected chi connectivity index (χ1v) is 6.19. The van der Waals surface area contributed by atoms with Crippen LogP contribution in [0.5, 0.6) is 0 Å². The van der Waals surface area contributed by atoms with Crippen molar-refractivity contribution in [3.63, 3.8) is 0 Å². The molecule has 17 heavy (non-hydrogen) atoms.